The Labute approximate surface area is 121 Å². The Morgan fingerprint density at radius 3 is 2.95 bits per heavy atom. The molecule has 2 aromatic carbocycles. The van der Waals surface area contributed by atoms with Gasteiger partial charge in [-0.05, 0) is 36.8 Å². The highest BCUT2D eigenvalue weighted by Gasteiger charge is 2.18. The Morgan fingerprint density at radius 2 is 2.14 bits per heavy atom. The molecule has 4 nitrogen and oxygen atoms in total. The number of rotatable bonds is 3. The van der Waals surface area contributed by atoms with Gasteiger partial charge < -0.3 is 14.8 Å². The van der Waals surface area contributed by atoms with Crippen molar-refractivity contribution in [1.82, 2.24) is 5.32 Å². The highest BCUT2D eigenvalue weighted by atomic mass is 19.1. The van der Waals surface area contributed by atoms with Crippen LogP contribution < -0.4 is 14.8 Å². The van der Waals surface area contributed by atoms with Crippen LogP contribution in [0, 0.1) is 12.7 Å². The third kappa shape index (κ3) is 2.67. The van der Waals surface area contributed by atoms with Gasteiger partial charge in [0.25, 0.3) is 5.91 Å². The van der Waals surface area contributed by atoms with Crippen molar-refractivity contribution in [3.05, 3.63) is 58.9 Å². The third-order valence-electron chi connectivity index (χ3n) is 3.35. The number of amides is 1. The second-order valence-electron chi connectivity index (χ2n) is 4.79. The van der Waals surface area contributed by atoms with Gasteiger partial charge in [0.05, 0.1) is 0 Å². The molecule has 5 heteroatoms. The van der Waals surface area contributed by atoms with Crippen LogP contribution in [-0.2, 0) is 6.54 Å². The summed E-state index contributed by atoms with van der Waals surface area (Å²) in [4.78, 5) is 12.1. The first-order valence-corrected chi connectivity index (χ1v) is 6.57. The number of ether oxygens (including phenoxy) is 2. The maximum atomic E-state index is 13.0. The molecule has 0 aromatic heterocycles. The van der Waals surface area contributed by atoms with Crippen LogP contribution in [0.1, 0.15) is 21.5 Å². The second-order valence-corrected chi connectivity index (χ2v) is 4.79. The Hall–Kier alpha value is -2.56. The van der Waals surface area contributed by atoms with E-state index >= 15 is 0 Å². The summed E-state index contributed by atoms with van der Waals surface area (Å²) in [6.45, 7) is 2.22. The fourth-order valence-corrected chi connectivity index (χ4v) is 2.28. The van der Waals surface area contributed by atoms with E-state index in [9.17, 15) is 9.18 Å². The smallest absolute Gasteiger partial charge is 0.251 e. The van der Waals surface area contributed by atoms with Gasteiger partial charge in [-0.1, -0.05) is 12.1 Å². The molecule has 0 saturated carbocycles. The third-order valence-corrected chi connectivity index (χ3v) is 3.35. The lowest BCUT2D eigenvalue weighted by atomic mass is 10.1. The Balaban J connectivity index is 1.73. The molecule has 0 radical (unpaired) electrons. The van der Waals surface area contributed by atoms with E-state index in [4.69, 9.17) is 9.47 Å². The zero-order valence-corrected chi connectivity index (χ0v) is 11.5. The molecule has 1 aliphatic heterocycles. The van der Waals surface area contributed by atoms with Gasteiger partial charge in [0.1, 0.15) is 5.82 Å². The molecule has 0 fully saturated rings. The van der Waals surface area contributed by atoms with Crippen molar-refractivity contribution in [3.8, 4) is 11.5 Å². The Kier molecular flexibility index (Phi) is 3.48. The summed E-state index contributed by atoms with van der Waals surface area (Å²) in [6.07, 6.45) is 0. The van der Waals surface area contributed by atoms with Crippen molar-refractivity contribution < 1.29 is 18.7 Å². The maximum Gasteiger partial charge on any atom is 0.251 e. The molecule has 0 unspecified atom stereocenters. The van der Waals surface area contributed by atoms with Crippen LogP contribution in [0.5, 0.6) is 11.5 Å². The van der Waals surface area contributed by atoms with Gasteiger partial charge in [-0.3, -0.25) is 4.79 Å². The number of para-hydroxylation sites is 1. The number of carbonyl (C=O) groups is 1. The first-order chi connectivity index (χ1) is 10.1. The molecule has 0 aliphatic carbocycles. The van der Waals surface area contributed by atoms with Crippen molar-refractivity contribution in [3.63, 3.8) is 0 Å². The molecule has 0 atom stereocenters. The standard InChI is InChI=1S/C16H14FNO3/c1-10-7-12(17)5-6-13(10)16(19)18-8-11-3-2-4-14-15(11)21-9-20-14/h2-7H,8-9H2,1H3,(H,18,19). The van der Waals surface area contributed by atoms with E-state index in [1.807, 2.05) is 18.2 Å². The minimum atomic E-state index is -0.351. The predicted octanol–water partition coefficient (Wildman–Crippen LogP) is 2.79. The molecule has 1 aliphatic rings. The molecule has 0 spiro atoms. The Bertz CT molecular complexity index is 700. The Morgan fingerprint density at radius 1 is 1.29 bits per heavy atom. The minimum absolute atomic E-state index is 0.192. The number of carbonyl (C=O) groups excluding carboxylic acids is 1. The topological polar surface area (TPSA) is 47.6 Å². The summed E-state index contributed by atoms with van der Waals surface area (Å²) >= 11 is 0. The van der Waals surface area contributed by atoms with Crippen LogP contribution in [0.25, 0.3) is 0 Å². The van der Waals surface area contributed by atoms with Crippen molar-refractivity contribution in [2.24, 2.45) is 0 Å². The van der Waals surface area contributed by atoms with Gasteiger partial charge in [-0.2, -0.15) is 0 Å². The summed E-state index contributed by atoms with van der Waals surface area (Å²) in [5.41, 5.74) is 1.91. The summed E-state index contributed by atoms with van der Waals surface area (Å²) in [7, 11) is 0. The van der Waals surface area contributed by atoms with Crippen LogP contribution in [-0.4, -0.2) is 12.7 Å². The van der Waals surface area contributed by atoms with Gasteiger partial charge >= 0.3 is 0 Å². The molecule has 1 amide bonds. The molecular formula is C16H14FNO3. The SMILES string of the molecule is Cc1cc(F)ccc1C(=O)NCc1cccc2c1OCO2. The van der Waals surface area contributed by atoms with E-state index in [1.165, 1.54) is 18.2 Å². The second kappa shape index (κ2) is 5.44. The summed E-state index contributed by atoms with van der Waals surface area (Å²) in [5, 5.41) is 2.81. The van der Waals surface area contributed by atoms with E-state index in [-0.39, 0.29) is 18.5 Å². The minimum Gasteiger partial charge on any atom is -0.454 e. The van der Waals surface area contributed by atoms with E-state index in [1.54, 1.807) is 6.92 Å². The van der Waals surface area contributed by atoms with E-state index in [2.05, 4.69) is 5.32 Å². The highest BCUT2D eigenvalue weighted by Crippen LogP contribution is 2.35. The van der Waals surface area contributed by atoms with Crippen LogP contribution >= 0.6 is 0 Å². The predicted molar refractivity (Wildman–Crippen MR) is 74.9 cm³/mol. The number of halogens is 1. The molecule has 1 N–H and O–H groups in total. The maximum absolute atomic E-state index is 13.0. The number of hydrogen-bond acceptors (Lipinski definition) is 3. The van der Waals surface area contributed by atoms with Crippen molar-refractivity contribution in [1.29, 1.82) is 0 Å². The summed E-state index contributed by atoms with van der Waals surface area (Å²) in [5.74, 6) is 0.743. The van der Waals surface area contributed by atoms with Gasteiger partial charge in [-0.15, -0.1) is 0 Å². The molecule has 1 heterocycles. The summed E-state index contributed by atoms with van der Waals surface area (Å²) in [6, 6.07) is 9.63. The molecule has 21 heavy (non-hydrogen) atoms. The molecule has 108 valence electrons. The average molecular weight is 287 g/mol. The normalized spacial score (nSPS) is 12.3. The van der Waals surface area contributed by atoms with E-state index in [0.717, 1.165) is 5.56 Å². The van der Waals surface area contributed by atoms with Crippen LogP contribution in [0.2, 0.25) is 0 Å². The molecular weight excluding hydrogens is 273 g/mol. The molecule has 0 saturated heterocycles. The van der Waals surface area contributed by atoms with Crippen LogP contribution in [0.4, 0.5) is 4.39 Å². The first kappa shape index (κ1) is 13.4. The zero-order chi connectivity index (χ0) is 14.8. The number of aryl methyl sites for hydroxylation is 1. The lowest BCUT2D eigenvalue weighted by Gasteiger charge is -2.09. The fraction of sp³-hybridized carbons (Fsp3) is 0.188. The largest absolute Gasteiger partial charge is 0.454 e. The number of fused-ring (bicyclic) bond motifs is 1. The first-order valence-electron chi connectivity index (χ1n) is 6.57. The number of hydrogen-bond donors (Lipinski definition) is 1. The lowest BCUT2D eigenvalue weighted by molar-refractivity contribution is 0.0950. The van der Waals surface area contributed by atoms with Gasteiger partial charge in [-0.25, -0.2) is 4.39 Å². The lowest BCUT2D eigenvalue weighted by Crippen LogP contribution is -2.23. The van der Waals surface area contributed by atoms with Crippen LogP contribution in [0.15, 0.2) is 36.4 Å². The van der Waals surface area contributed by atoms with Crippen LogP contribution in [0.3, 0.4) is 0 Å². The quantitative estimate of drug-likeness (QED) is 0.944. The van der Waals surface area contributed by atoms with E-state index < -0.39 is 0 Å². The van der Waals surface area contributed by atoms with Crippen molar-refractivity contribution >= 4 is 5.91 Å². The highest BCUT2D eigenvalue weighted by molar-refractivity contribution is 5.95. The van der Waals surface area contributed by atoms with Crippen molar-refractivity contribution in [2.75, 3.05) is 6.79 Å². The zero-order valence-electron chi connectivity index (χ0n) is 11.5. The molecule has 2 aromatic rings. The molecule has 0 bridgehead atoms. The fourth-order valence-electron chi connectivity index (χ4n) is 2.28. The van der Waals surface area contributed by atoms with Gasteiger partial charge in [0.2, 0.25) is 6.79 Å². The van der Waals surface area contributed by atoms with Gasteiger partial charge in [0, 0.05) is 17.7 Å². The van der Waals surface area contributed by atoms with Crippen molar-refractivity contribution in [2.45, 2.75) is 13.5 Å². The number of nitrogens with one attached hydrogen (secondary N) is 1. The average Bonchev–Trinajstić information content (AvgIpc) is 2.93. The molecule has 3 rings (SSSR count). The monoisotopic (exact) mass is 287 g/mol. The van der Waals surface area contributed by atoms with E-state index in [0.29, 0.717) is 29.2 Å². The number of benzene rings is 2. The van der Waals surface area contributed by atoms with Gasteiger partial charge in [0.15, 0.2) is 11.5 Å². The summed E-state index contributed by atoms with van der Waals surface area (Å²) < 4.78 is 23.7.